The van der Waals surface area contributed by atoms with Gasteiger partial charge in [0.25, 0.3) is 0 Å². The highest BCUT2D eigenvalue weighted by molar-refractivity contribution is 6.31. The summed E-state index contributed by atoms with van der Waals surface area (Å²) < 4.78 is 13.1. The van der Waals surface area contributed by atoms with Gasteiger partial charge in [-0.1, -0.05) is 17.7 Å². The summed E-state index contributed by atoms with van der Waals surface area (Å²) in [6, 6.07) is 7.06. The predicted molar refractivity (Wildman–Crippen MR) is 80.8 cm³/mol. The number of nitrogens with one attached hydrogen (secondary N) is 1. The van der Waals surface area contributed by atoms with E-state index in [9.17, 15) is 4.39 Å². The normalized spacial score (nSPS) is 14.4. The van der Waals surface area contributed by atoms with Crippen LogP contribution in [0.25, 0.3) is 0 Å². The first kappa shape index (κ1) is 14.4. The number of benzene rings is 1. The fraction of sp³-hybridized carbons (Fsp3) is 0.375. The van der Waals surface area contributed by atoms with Crippen molar-refractivity contribution < 1.29 is 4.39 Å². The van der Waals surface area contributed by atoms with E-state index in [0.29, 0.717) is 17.5 Å². The van der Waals surface area contributed by atoms with Gasteiger partial charge in [-0.3, -0.25) is 0 Å². The van der Waals surface area contributed by atoms with E-state index in [1.54, 1.807) is 6.07 Å². The number of hydrogen-bond donors (Lipinski definition) is 1. The first-order valence-corrected chi connectivity index (χ1v) is 7.49. The summed E-state index contributed by atoms with van der Waals surface area (Å²) in [7, 11) is 0. The van der Waals surface area contributed by atoms with Crippen molar-refractivity contribution in [3.05, 3.63) is 57.9 Å². The van der Waals surface area contributed by atoms with E-state index in [0.717, 1.165) is 29.3 Å². The highest BCUT2D eigenvalue weighted by atomic mass is 35.5. The minimum Gasteiger partial charge on any atom is -0.308 e. The fourth-order valence-electron chi connectivity index (χ4n) is 2.24. The summed E-state index contributed by atoms with van der Waals surface area (Å²) >= 11 is 6.06. The smallest absolute Gasteiger partial charge is 0.133 e. The van der Waals surface area contributed by atoms with Crippen LogP contribution in [0.5, 0.6) is 0 Å². The lowest BCUT2D eigenvalue weighted by Crippen LogP contribution is -2.17. The van der Waals surface area contributed by atoms with Gasteiger partial charge in [0.15, 0.2) is 0 Å². The second-order valence-electron chi connectivity index (χ2n) is 5.48. The highest BCUT2D eigenvalue weighted by Gasteiger charge is 2.20. The van der Waals surface area contributed by atoms with E-state index < -0.39 is 0 Å². The van der Waals surface area contributed by atoms with Gasteiger partial charge in [-0.25, -0.2) is 14.4 Å². The molecule has 3 rings (SSSR count). The second kappa shape index (κ2) is 6.08. The molecule has 1 fully saturated rings. The van der Waals surface area contributed by atoms with Gasteiger partial charge >= 0.3 is 0 Å². The molecule has 1 aliphatic carbocycles. The van der Waals surface area contributed by atoms with Crippen molar-refractivity contribution in [3.8, 4) is 0 Å². The molecule has 0 aliphatic heterocycles. The molecule has 1 N–H and O–H groups in total. The molecule has 0 radical (unpaired) electrons. The molecule has 0 atom stereocenters. The maximum absolute atomic E-state index is 13.1. The molecule has 1 saturated carbocycles. The van der Waals surface area contributed by atoms with E-state index >= 15 is 0 Å². The zero-order chi connectivity index (χ0) is 14.8. The maximum atomic E-state index is 13.1. The Morgan fingerprint density at radius 3 is 2.81 bits per heavy atom. The largest absolute Gasteiger partial charge is 0.308 e. The molecule has 1 aromatic heterocycles. The Morgan fingerprint density at radius 2 is 2.10 bits per heavy atom. The molecule has 0 amide bonds. The summed E-state index contributed by atoms with van der Waals surface area (Å²) in [6.07, 6.45) is 3.02. The monoisotopic (exact) mass is 305 g/mol. The van der Waals surface area contributed by atoms with Crippen LogP contribution in [0.2, 0.25) is 5.02 Å². The number of rotatable bonds is 5. The maximum Gasteiger partial charge on any atom is 0.133 e. The van der Waals surface area contributed by atoms with Crippen LogP contribution in [-0.2, 0) is 13.0 Å². The Kier molecular flexibility index (Phi) is 4.17. The van der Waals surface area contributed by atoms with Crippen molar-refractivity contribution in [2.45, 2.75) is 38.8 Å². The molecule has 0 saturated heterocycles. The number of nitrogens with zero attached hydrogens (tertiary/aromatic N) is 2. The van der Waals surface area contributed by atoms with Crippen molar-refractivity contribution in [2.75, 3.05) is 0 Å². The SMILES string of the molecule is Cc1cc(CNC2CC2)nc(Cc2ccc(F)cc2Cl)n1. The summed E-state index contributed by atoms with van der Waals surface area (Å²) in [5, 5.41) is 3.86. The number of halogens is 2. The van der Waals surface area contributed by atoms with Gasteiger partial charge in [0, 0.05) is 29.7 Å². The van der Waals surface area contributed by atoms with Gasteiger partial charge in [0.1, 0.15) is 11.6 Å². The Balaban J connectivity index is 1.77. The highest BCUT2D eigenvalue weighted by Crippen LogP contribution is 2.21. The quantitative estimate of drug-likeness (QED) is 0.920. The van der Waals surface area contributed by atoms with Crippen LogP contribution >= 0.6 is 11.6 Å². The molecule has 110 valence electrons. The van der Waals surface area contributed by atoms with Crippen LogP contribution in [0, 0.1) is 12.7 Å². The minimum absolute atomic E-state index is 0.330. The van der Waals surface area contributed by atoms with Gasteiger partial charge in [-0.05, 0) is 43.5 Å². The third kappa shape index (κ3) is 3.99. The predicted octanol–water partition coefficient (Wildman–Crippen LogP) is 3.42. The number of hydrogen-bond acceptors (Lipinski definition) is 3. The lowest BCUT2D eigenvalue weighted by Gasteiger charge is -2.08. The standard InChI is InChI=1S/C16H17ClFN3/c1-10-6-14(9-19-13-4-5-13)21-16(20-10)7-11-2-3-12(18)8-15(11)17/h2-3,6,8,13,19H,4-5,7,9H2,1H3. The molecule has 0 bridgehead atoms. The molecule has 21 heavy (non-hydrogen) atoms. The van der Waals surface area contributed by atoms with Crippen LogP contribution in [0.4, 0.5) is 4.39 Å². The molecular formula is C16H17ClFN3. The summed E-state index contributed by atoms with van der Waals surface area (Å²) in [6.45, 7) is 2.72. The fourth-order valence-corrected chi connectivity index (χ4v) is 2.48. The molecule has 0 unspecified atom stereocenters. The second-order valence-corrected chi connectivity index (χ2v) is 5.89. The van der Waals surface area contributed by atoms with Crippen molar-refractivity contribution in [2.24, 2.45) is 0 Å². The van der Waals surface area contributed by atoms with Crippen molar-refractivity contribution in [1.29, 1.82) is 0 Å². The Hall–Kier alpha value is -1.52. The topological polar surface area (TPSA) is 37.8 Å². The van der Waals surface area contributed by atoms with Crippen molar-refractivity contribution in [3.63, 3.8) is 0 Å². The van der Waals surface area contributed by atoms with Crippen molar-refractivity contribution in [1.82, 2.24) is 15.3 Å². The Morgan fingerprint density at radius 1 is 1.29 bits per heavy atom. The van der Waals surface area contributed by atoms with E-state index in [2.05, 4.69) is 15.3 Å². The molecule has 1 heterocycles. The zero-order valence-corrected chi connectivity index (χ0v) is 12.6. The average molecular weight is 306 g/mol. The first-order chi connectivity index (χ1) is 10.1. The van der Waals surface area contributed by atoms with Crippen LogP contribution in [0.1, 0.15) is 35.6 Å². The molecular weight excluding hydrogens is 289 g/mol. The van der Waals surface area contributed by atoms with Gasteiger partial charge in [-0.2, -0.15) is 0 Å². The number of aromatic nitrogens is 2. The van der Waals surface area contributed by atoms with Crippen LogP contribution in [-0.4, -0.2) is 16.0 Å². The van der Waals surface area contributed by atoms with E-state index in [4.69, 9.17) is 11.6 Å². The Bertz CT molecular complexity index is 656. The summed E-state index contributed by atoms with van der Waals surface area (Å²) in [4.78, 5) is 9.01. The minimum atomic E-state index is -0.330. The third-order valence-electron chi connectivity index (χ3n) is 3.47. The molecule has 1 aromatic carbocycles. The van der Waals surface area contributed by atoms with E-state index in [1.807, 2.05) is 13.0 Å². The van der Waals surface area contributed by atoms with Crippen LogP contribution in [0.15, 0.2) is 24.3 Å². The van der Waals surface area contributed by atoms with Gasteiger partial charge < -0.3 is 5.32 Å². The third-order valence-corrected chi connectivity index (χ3v) is 3.82. The molecule has 5 heteroatoms. The lowest BCUT2D eigenvalue weighted by atomic mass is 10.1. The summed E-state index contributed by atoms with van der Waals surface area (Å²) in [5.41, 5.74) is 2.76. The number of aryl methyl sites for hydroxylation is 1. The molecule has 2 aromatic rings. The van der Waals surface area contributed by atoms with Gasteiger partial charge in [0.2, 0.25) is 0 Å². The average Bonchev–Trinajstić information content (AvgIpc) is 3.23. The van der Waals surface area contributed by atoms with Crippen LogP contribution < -0.4 is 5.32 Å². The van der Waals surface area contributed by atoms with Crippen LogP contribution in [0.3, 0.4) is 0 Å². The summed E-state index contributed by atoms with van der Waals surface area (Å²) in [5.74, 6) is 0.388. The lowest BCUT2D eigenvalue weighted by molar-refractivity contribution is 0.627. The van der Waals surface area contributed by atoms with E-state index in [-0.39, 0.29) is 5.82 Å². The van der Waals surface area contributed by atoms with Gasteiger partial charge in [0.05, 0.1) is 5.69 Å². The first-order valence-electron chi connectivity index (χ1n) is 7.11. The molecule has 1 aliphatic rings. The Labute approximate surface area is 128 Å². The van der Waals surface area contributed by atoms with E-state index in [1.165, 1.54) is 25.0 Å². The molecule has 0 spiro atoms. The molecule has 3 nitrogen and oxygen atoms in total. The van der Waals surface area contributed by atoms with Gasteiger partial charge in [-0.15, -0.1) is 0 Å². The van der Waals surface area contributed by atoms with Crippen molar-refractivity contribution >= 4 is 11.6 Å². The zero-order valence-electron chi connectivity index (χ0n) is 11.9.